The number of sulfonamides is 1. The van der Waals surface area contributed by atoms with Crippen molar-refractivity contribution >= 4 is 10.0 Å². The fourth-order valence-electron chi connectivity index (χ4n) is 4.28. The molecule has 158 valence electrons. The van der Waals surface area contributed by atoms with Gasteiger partial charge in [0, 0.05) is 30.8 Å². The molecule has 2 aliphatic heterocycles. The first-order chi connectivity index (χ1) is 14.0. The highest BCUT2D eigenvalue weighted by Gasteiger charge is 2.41. The van der Waals surface area contributed by atoms with Crippen molar-refractivity contribution in [3.63, 3.8) is 0 Å². The van der Waals surface area contributed by atoms with Crippen molar-refractivity contribution in [2.75, 3.05) is 20.3 Å². The molecular weight excluding hydrogens is 397 g/mol. The molecule has 1 aromatic heterocycles. The van der Waals surface area contributed by atoms with Gasteiger partial charge in [0.25, 0.3) is 0 Å². The van der Waals surface area contributed by atoms with Crippen LogP contribution in [-0.4, -0.2) is 42.8 Å². The Hall–Kier alpha value is -1.97. The van der Waals surface area contributed by atoms with Crippen molar-refractivity contribution in [3.8, 4) is 5.75 Å². The third kappa shape index (κ3) is 3.55. The maximum absolute atomic E-state index is 13.9. The maximum Gasteiger partial charge on any atom is 0.247 e. The smallest absolute Gasteiger partial charge is 0.247 e. The molecule has 0 saturated carbocycles. The average Bonchev–Trinajstić information content (AvgIpc) is 3.34. The van der Waals surface area contributed by atoms with Gasteiger partial charge in [-0.15, -0.1) is 0 Å². The first-order valence-corrected chi connectivity index (χ1v) is 11.4. The standard InChI is InChI=1S/C20H26FN3O4S/c1-3-9-23-16-8-11-28-13-15(16)20(22-23)17-5-4-10-24(17)29(25,26)19-12-14(21)6-7-18(19)27-2/h6-7,12,17H,3-5,8-11,13H2,1-2H3. The summed E-state index contributed by atoms with van der Waals surface area (Å²) in [5, 5.41) is 4.81. The van der Waals surface area contributed by atoms with Crippen molar-refractivity contribution in [3.05, 3.63) is 41.0 Å². The zero-order chi connectivity index (χ0) is 20.6. The molecule has 0 radical (unpaired) electrons. The SMILES string of the molecule is CCCn1nc(C2CCCN2S(=O)(=O)c2cc(F)ccc2OC)c2c1CCOC2. The zero-order valence-electron chi connectivity index (χ0n) is 16.7. The van der Waals surface area contributed by atoms with E-state index in [1.54, 1.807) is 0 Å². The van der Waals surface area contributed by atoms with Gasteiger partial charge >= 0.3 is 0 Å². The van der Waals surface area contributed by atoms with Crippen LogP contribution in [0.2, 0.25) is 0 Å². The molecule has 0 spiro atoms. The number of halogens is 1. The van der Waals surface area contributed by atoms with Crippen molar-refractivity contribution < 1.29 is 22.3 Å². The van der Waals surface area contributed by atoms with E-state index in [9.17, 15) is 12.8 Å². The van der Waals surface area contributed by atoms with Gasteiger partial charge < -0.3 is 9.47 Å². The Morgan fingerprint density at radius 1 is 1.38 bits per heavy atom. The quantitative estimate of drug-likeness (QED) is 0.714. The predicted molar refractivity (Wildman–Crippen MR) is 105 cm³/mol. The molecular formula is C20H26FN3O4S. The lowest BCUT2D eigenvalue weighted by Crippen LogP contribution is -2.32. The van der Waals surface area contributed by atoms with E-state index in [1.165, 1.54) is 23.5 Å². The first-order valence-electron chi connectivity index (χ1n) is 9.99. The van der Waals surface area contributed by atoms with Gasteiger partial charge in [0.15, 0.2) is 0 Å². The molecule has 0 amide bonds. The second kappa shape index (κ2) is 8.04. The maximum atomic E-state index is 13.9. The molecule has 0 N–H and O–H groups in total. The normalized spacial score (nSPS) is 20.0. The Kier molecular flexibility index (Phi) is 5.63. The molecule has 1 fully saturated rings. The summed E-state index contributed by atoms with van der Waals surface area (Å²) in [6, 6.07) is 3.18. The summed E-state index contributed by atoms with van der Waals surface area (Å²) >= 11 is 0. The van der Waals surface area contributed by atoms with Crippen LogP contribution in [0.25, 0.3) is 0 Å². The molecule has 2 aliphatic rings. The molecule has 0 bridgehead atoms. The highest BCUT2D eigenvalue weighted by molar-refractivity contribution is 7.89. The van der Waals surface area contributed by atoms with Crippen LogP contribution in [0.5, 0.6) is 5.75 Å². The zero-order valence-corrected chi connectivity index (χ0v) is 17.5. The number of ether oxygens (including phenoxy) is 2. The highest BCUT2D eigenvalue weighted by Crippen LogP contribution is 2.40. The van der Waals surface area contributed by atoms with E-state index in [0.717, 1.165) is 48.8 Å². The summed E-state index contributed by atoms with van der Waals surface area (Å²) in [6.07, 6.45) is 3.12. The second-order valence-corrected chi connectivity index (χ2v) is 9.26. The molecule has 1 unspecified atom stereocenters. The number of nitrogens with zero attached hydrogens (tertiary/aromatic N) is 3. The Balaban J connectivity index is 1.77. The van der Waals surface area contributed by atoms with Crippen molar-refractivity contribution in [1.29, 1.82) is 0 Å². The Morgan fingerprint density at radius 3 is 2.97 bits per heavy atom. The summed E-state index contributed by atoms with van der Waals surface area (Å²) in [5.74, 6) is -0.475. The van der Waals surface area contributed by atoms with Crippen molar-refractivity contribution in [2.24, 2.45) is 0 Å². The van der Waals surface area contributed by atoms with E-state index in [-0.39, 0.29) is 16.7 Å². The minimum atomic E-state index is -3.95. The second-order valence-electron chi connectivity index (χ2n) is 7.41. The van der Waals surface area contributed by atoms with Crippen LogP contribution in [0.3, 0.4) is 0 Å². The van der Waals surface area contributed by atoms with Crippen LogP contribution in [0.4, 0.5) is 4.39 Å². The van der Waals surface area contributed by atoms with Crippen LogP contribution in [0.1, 0.15) is 49.2 Å². The minimum Gasteiger partial charge on any atom is -0.495 e. The molecule has 2 aromatic rings. The van der Waals surface area contributed by atoms with E-state index >= 15 is 0 Å². The number of aromatic nitrogens is 2. The number of hydrogen-bond acceptors (Lipinski definition) is 5. The third-order valence-corrected chi connectivity index (χ3v) is 7.52. The monoisotopic (exact) mass is 423 g/mol. The Labute approximate surface area is 170 Å². The summed E-state index contributed by atoms with van der Waals surface area (Å²) in [5.41, 5.74) is 2.91. The fourth-order valence-corrected chi connectivity index (χ4v) is 6.11. The summed E-state index contributed by atoms with van der Waals surface area (Å²) in [6.45, 7) is 4.34. The van der Waals surface area contributed by atoms with Crippen molar-refractivity contribution in [2.45, 2.75) is 56.7 Å². The van der Waals surface area contributed by atoms with Crippen LogP contribution in [-0.2, 0) is 34.3 Å². The van der Waals surface area contributed by atoms with Gasteiger partial charge in [-0.2, -0.15) is 9.40 Å². The number of hydrogen-bond donors (Lipinski definition) is 0. The molecule has 1 aromatic carbocycles. The number of rotatable bonds is 6. The average molecular weight is 424 g/mol. The fraction of sp³-hybridized carbons (Fsp3) is 0.550. The van der Waals surface area contributed by atoms with Crippen LogP contribution < -0.4 is 4.74 Å². The van der Waals surface area contributed by atoms with Crippen LogP contribution in [0.15, 0.2) is 23.1 Å². The predicted octanol–water partition coefficient (Wildman–Crippen LogP) is 3.04. The summed E-state index contributed by atoms with van der Waals surface area (Å²) in [4.78, 5) is -0.148. The van der Waals surface area contributed by atoms with E-state index in [1.807, 2.05) is 4.68 Å². The molecule has 1 atom stereocenters. The minimum absolute atomic E-state index is 0.138. The largest absolute Gasteiger partial charge is 0.495 e. The molecule has 1 saturated heterocycles. The number of fused-ring (bicyclic) bond motifs is 1. The lowest BCUT2D eigenvalue weighted by atomic mass is 10.0. The lowest BCUT2D eigenvalue weighted by molar-refractivity contribution is 0.107. The lowest BCUT2D eigenvalue weighted by Gasteiger charge is -2.25. The topological polar surface area (TPSA) is 73.7 Å². The van der Waals surface area contributed by atoms with Crippen molar-refractivity contribution in [1.82, 2.24) is 14.1 Å². The van der Waals surface area contributed by atoms with E-state index in [0.29, 0.717) is 26.2 Å². The molecule has 3 heterocycles. The van der Waals surface area contributed by atoms with Gasteiger partial charge in [-0.3, -0.25) is 4.68 Å². The molecule has 0 aliphatic carbocycles. The first kappa shape index (κ1) is 20.3. The molecule has 9 heteroatoms. The number of aryl methyl sites for hydroxylation is 1. The van der Waals surface area contributed by atoms with Gasteiger partial charge in [0.05, 0.1) is 32.1 Å². The van der Waals surface area contributed by atoms with E-state index < -0.39 is 15.8 Å². The number of methoxy groups -OCH3 is 1. The summed E-state index contributed by atoms with van der Waals surface area (Å²) < 4.78 is 55.1. The molecule has 29 heavy (non-hydrogen) atoms. The van der Waals surface area contributed by atoms with Gasteiger partial charge in [0.1, 0.15) is 16.5 Å². The van der Waals surface area contributed by atoms with Gasteiger partial charge in [-0.05, 0) is 37.5 Å². The van der Waals surface area contributed by atoms with Crippen LogP contribution in [0, 0.1) is 5.82 Å². The number of benzene rings is 1. The van der Waals surface area contributed by atoms with Gasteiger partial charge in [-0.1, -0.05) is 6.92 Å². The van der Waals surface area contributed by atoms with E-state index in [4.69, 9.17) is 14.6 Å². The summed E-state index contributed by atoms with van der Waals surface area (Å²) in [7, 11) is -2.57. The van der Waals surface area contributed by atoms with E-state index in [2.05, 4.69) is 6.92 Å². The van der Waals surface area contributed by atoms with Gasteiger partial charge in [0.2, 0.25) is 10.0 Å². The Morgan fingerprint density at radius 2 is 2.21 bits per heavy atom. The third-order valence-electron chi connectivity index (χ3n) is 5.59. The van der Waals surface area contributed by atoms with Gasteiger partial charge in [-0.25, -0.2) is 12.8 Å². The highest BCUT2D eigenvalue weighted by atomic mass is 32.2. The van der Waals surface area contributed by atoms with Crippen LogP contribution >= 0.6 is 0 Å². The molecule has 4 rings (SSSR count). The molecule has 7 nitrogen and oxygen atoms in total. The Bertz CT molecular complexity index is 1010.